The lowest BCUT2D eigenvalue weighted by molar-refractivity contribution is -0.140. The summed E-state index contributed by atoms with van der Waals surface area (Å²) < 4.78 is 31.6. The number of carbonyl (C=O) groups excluding carboxylic acids is 2. The number of imide groups is 1. The highest BCUT2D eigenvalue weighted by atomic mass is 127. The summed E-state index contributed by atoms with van der Waals surface area (Å²) in [6, 6.07) is 3.37. The highest BCUT2D eigenvalue weighted by Gasteiger charge is 2.58. The van der Waals surface area contributed by atoms with Crippen molar-refractivity contribution in [2.75, 3.05) is 32.8 Å². The van der Waals surface area contributed by atoms with Gasteiger partial charge in [0.15, 0.2) is 17.6 Å². The first kappa shape index (κ1) is 24.4. The minimum Gasteiger partial charge on any atom is -0.492 e. The number of guanidine groups is 1. The molecule has 2 fully saturated rings. The summed E-state index contributed by atoms with van der Waals surface area (Å²) in [4.78, 5) is 31.2. The molecule has 1 aromatic rings. The van der Waals surface area contributed by atoms with Crippen LogP contribution >= 0.6 is 24.0 Å². The summed E-state index contributed by atoms with van der Waals surface area (Å²) in [5.74, 6) is -1.23. The first-order valence-electron chi connectivity index (χ1n) is 10.6. The Kier molecular flexibility index (Phi) is 8.07. The van der Waals surface area contributed by atoms with Crippen LogP contribution in [0, 0.1) is 35.3 Å². The van der Waals surface area contributed by atoms with E-state index in [1.165, 1.54) is 11.0 Å². The van der Waals surface area contributed by atoms with Gasteiger partial charge in [-0.2, -0.15) is 0 Å². The Morgan fingerprint density at radius 3 is 2.44 bits per heavy atom. The minimum atomic E-state index is -0.959. The lowest BCUT2D eigenvalue weighted by Crippen LogP contribution is -2.40. The number of nitrogens with one attached hydrogen (secondary N) is 2. The van der Waals surface area contributed by atoms with Crippen molar-refractivity contribution in [3.8, 4) is 5.75 Å². The first-order chi connectivity index (χ1) is 15.0. The second-order valence-electron chi connectivity index (χ2n) is 7.94. The molecule has 2 aliphatic carbocycles. The molecule has 1 saturated carbocycles. The number of nitrogens with zero attached hydrogens (tertiary/aromatic N) is 2. The van der Waals surface area contributed by atoms with Gasteiger partial charge >= 0.3 is 0 Å². The average molecular weight is 560 g/mol. The number of rotatable bonds is 8. The van der Waals surface area contributed by atoms with Crippen LogP contribution in [-0.4, -0.2) is 55.5 Å². The largest absolute Gasteiger partial charge is 0.492 e. The van der Waals surface area contributed by atoms with E-state index >= 15 is 0 Å². The Morgan fingerprint density at radius 1 is 1.12 bits per heavy atom. The van der Waals surface area contributed by atoms with Crippen molar-refractivity contribution in [3.05, 3.63) is 42.0 Å². The molecule has 1 aliphatic heterocycles. The fourth-order valence-corrected chi connectivity index (χ4v) is 4.69. The van der Waals surface area contributed by atoms with Gasteiger partial charge in [-0.15, -0.1) is 24.0 Å². The number of hydrogen-bond acceptors (Lipinski definition) is 4. The van der Waals surface area contributed by atoms with Crippen LogP contribution in [0.25, 0.3) is 0 Å². The number of allylic oxidation sites excluding steroid dienone is 2. The molecule has 2 N–H and O–H groups in total. The molecule has 4 unspecified atom stereocenters. The summed E-state index contributed by atoms with van der Waals surface area (Å²) >= 11 is 0. The van der Waals surface area contributed by atoms with E-state index in [2.05, 4.69) is 27.8 Å². The zero-order chi connectivity index (χ0) is 22.0. The van der Waals surface area contributed by atoms with Crippen molar-refractivity contribution in [2.45, 2.75) is 13.3 Å². The van der Waals surface area contributed by atoms with Gasteiger partial charge in [0.2, 0.25) is 11.8 Å². The number of halogens is 3. The fourth-order valence-electron chi connectivity index (χ4n) is 4.69. The number of hydrogen-bond donors (Lipinski definition) is 2. The molecule has 10 heteroatoms. The van der Waals surface area contributed by atoms with Crippen LogP contribution in [0.4, 0.5) is 8.78 Å². The van der Waals surface area contributed by atoms with E-state index in [4.69, 9.17) is 4.74 Å². The normalized spacial score (nSPS) is 25.7. The number of fused-ring (bicyclic) bond motifs is 5. The van der Waals surface area contributed by atoms with Crippen LogP contribution in [0.15, 0.2) is 35.3 Å². The summed E-state index contributed by atoms with van der Waals surface area (Å²) in [6.45, 7) is 3.71. The van der Waals surface area contributed by atoms with Gasteiger partial charge in [0.25, 0.3) is 0 Å². The van der Waals surface area contributed by atoms with Gasteiger partial charge in [-0.05, 0) is 37.3 Å². The Bertz CT molecular complexity index is 896. The molecule has 1 aromatic carbocycles. The van der Waals surface area contributed by atoms with Crippen LogP contribution in [0.1, 0.15) is 13.3 Å². The van der Waals surface area contributed by atoms with Gasteiger partial charge in [-0.1, -0.05) is 12.2 Å². The molecular formula is C22H27F2IN4O3. The third-order valence-electron chi connectivity index (χ3n) is 6.05. The Hall–Kier alpha value is -2.24. The SMILES string of the molecule is CCNC(=NCCN1C(=O)C2C3C=CC(C3)C2C1=O)NCCOc1ccc(F)c(F)c1.I. The molecule has 1 saturated heterocycles. The van der Waals surface area contributed by atoms with Crippen molar-refractivity contribution >= 4 is 41.8 Å². The maximum atomic E-state index is 13.2. The third-order valence-corrected chi connectivity index (χ3v) is 6.05. The predicted octanol–water partition coefficient (Wildman–Crippen LogP) is 2.32. The van der Waals surface area contributed by atoms with E-state index in [0.29, 0.717) is 25.6 Å². The second kappa shape index (κ2) is 10.6. The van der Waals surface area contributed by atoms with Crippen LogP contribution < -0.4 is 15.4 Å². The van der Waals surface area contributed by atoms with E-state index in [1.807, 2.05) is 6.92 Å². The second-order valence-corrected chi connectivity index (χ2v) is 7.94. The van der Waals surface area contributed by atoms with Crippen molar-refractivity contribution in [1.29, 1.82) is 0 Å². The molecule has 2 amide bonds. The molecule has 32 heavy (non-hydrogen) atoms. The van der Waals surface area contributed by atoms with Gasteiger partial charge in [0.1, 0.15) is 12.4 Å². The Labute approximate surface area is 202 Å². The lowest BCUT2D eigenvalue weighted by atomic mass is 9.85. The molecule has 4 atom stereocenters. The van der Waals surface area contributed by atoms with Gasteiger partial charge in [-0.3, -0.25) is 19.5 Å². The molecule has 0 spiro atoms. The van der Waals surface area contributed by atoms with Gasteiger partial charge in [0.05, 0.1) is 24.9 Å². The molecule has 2 bridgehead atoms. The number of amides is 2. The average Bonchev–Trinajstić information content (AvgIpc) is 3.43. The molecule has 0 aromatic heterocycles. The zero-order valence-corrected chi connectivity index (χ0v) is 20.1. The fraction of sp³-hybridized carbons (Fsp3) is 0.500. The van der Waals surface area contributed by atoms with Crippen molar-refractivity contribution < 1.29 is 23.1 Å². The predicted molar refractivity (Wildman–Crippen MR) is 126 cm³/mol. The summed E-state index contributed by atoms with van der Waals surface area (Å²) in [7, 11) is 0. The topological polar surface area (TPSA) is 83.0 Å². The Balaban J connectivity index is 0.00000289. The molecule has 174 valence electrons. The van der Waals surface area contributed by atoms with E-state index in [9.17, 15) is 18.4 Å². The third kappa shape index (κ3) is 4.89. The highest BCUT2D eigenvalue weighted by Crippen LogP contribution is 2.52. The van der Waals surface area contributed by atoms with E-state index in [1.54, 1.807) is 0 Å². The quantitative estimate of drug-likeness (QED) is 0.127. The molecule has 7 nitrogen and oxygen atoms in total. The lowest BCUT2D eigenvalue weighted by Gasteiger charge is -2.17. The van der Waals surface area contributed by atoms with Crippen LogP contribution in [-0.2, 0) is 9.59 Å². The van der Waals surface area contributed by atoms with Gasteiger partial charge in [-0.25, -0.2) is 8.78 Å². The van der Waals surface area contributed by atoms with E-state index in [0.717, 1.165) is 18.6 Å². The number of carbonyl (C=O) groups is 2. The van der Waals surface area contributed by atoms with Crippen LogP contribution in [0.5, 0.6) is 5.75 Å². The zero-order valence-electron chi connectivity index (χ0n) is 17.7. The van der Waals surface area contributed by atoms with Gasteiger partial charge in [0, 0.05) is 19.2 Å². The minimum absolute atomic E-state index is 0. The first-order valence-corrected chi connectivity index (χ1v) is 10.6. The van der Waals surface area contributed by atoms with Crippen LogP contribution in [0.3, 0.4) is 0 Å². The highest BCUT2D eigenvalue weighted by molar-refractivity contribution is 14.0. The standard InChI is InChI=1S/C22H26F2N4O3.HI/c1-2-25-22(27-8-10-31-15-5-6-16(23)17(24)12-15)26-7-9-28-20(29)18-13-3-4-14(11-13)19(18)21(28)30;/h3-6,12-14,18-19H,2,7-11H2,1H3,(H2,25,26,27);1H. The van der Waals surface area contributed by atoms with Crippen molar-refractivity contribution in [3.63, 3.8) is 0 Å². The maximum absolute atomic E-state index is 13.2. The van der Waals surface area contributed by atoms with Crippen LogP contribution in [0.2, 0.25) is 0 Å². The number of likely N-dealkylation sites (tertiary alicyclic amines) is 1. The number of aliphatic imine (C=N–C) groups is 1. The molecule has 1 heterocycles. The van der Waals surface area contributed by atoms with Crippen molar-refractivity contribution in [1.82, 2.24) is 15.5 Å². The Morgan fingerprint density at radius 2 is 1.81 bits per heavy atom. The maximum Gasteiger partial charge on any atom is 0.233 e. The summed E-state index contributed by atoms with van der Waals surface area (Å²) in [5, 5.41) is 6.16. The molecular weight excluding hydrogens is 533 g/mol. The van der Waals surface area contributed by atoms with Gasteiger partial charge < -0.3 is 15.4 Å². The molecule has 3 aliphatic rings. The molecule has 0 radical (unpaired) electrons. The number of benzene rings is 1. The number of ether oxygens (including phenoxy) is 1. The smallest absolute Gasteiger partial charge is 0.233 e. The van der Waals surface area contributed by atoms with Crippen molar-refractivity contribution in [2.24, 2.45) is 28.7 Å². The molecule has 4 rings (SSSR count). The van der Waals surface area contributed by atoms with E-state index < -0.39 is 11.6 Å². The summed E-state index contributed by atoms with van der Waals surface area (Å²) in [6.07, 6.45) is 5.07. The van der Waals surface area contributed by atoms with E-state index in [-0.39, 0.29) is 78.4 Å². The summed E-state index contributed by atoms with van der Waals surface area (Å²) in [5.41, 5.74) is 0. The monoisotopic (exact) mass is 560 g/mol.